The van der Waals surface area contributed by atoms with Gasteiger partial charge in [0.25, 0.3) is 0 Å². The molecule has 1 atom stereocenters. The molecule has 0 spiro atoms. The number of oxazole rings is 1. The topological polar surface area (TPSA) is 46.3 Å². The van der Waals surface area contributed by atoms with Gasteiger partial charge in [0.2, 0.25) is 11.8 Å². The Hall–Kier alpha value is -2.36. The van der Waals surface area contributed by atoms with E-state index in [1.807, 2.05) is 30.3 Å². The number of carbonyl (C=O) groups is 1. The molecular weight excluding hydrogens is 288 g/mol. The van der Waals surface area contributed by atoms with Crippen LogP contribution in [0.3, 0.4) is 0 Å². The van der Waals surface area contributed by atoms with Gasteiger partial charge in [0.1, 0.15) is 17.5 Å². The van der Waals surface area contributed by atoms with Crippen molar-refractivity contribution in [2.75, 3.05) is 6.54 Å². The van der Waals surface area contributed by atoms with Gasteiger partial charge >= 0.3 is 0 Å². The molecule has 4 heteroatoms. The molecule has 0 saturated carbocycles. The number of nitrogens with zero attached hydrogens (tertiary/aromatic N) is 2. The fraction of sp³-hybridized carbons (Fsp3) is 0.368. The first-order valence-electron chi connectivity index (χ1n) is 8.11. The van der Waals surface area contributed by atoms with Crippen LogP contribution < -0.4 is 0 Å². The number of aromatic nitrogens is 1. The lowest BCUT2D eigenvalue weighted by molar-refractivity contribution is -0.127. The average molecular weight is 310 g/mol. The van der Waals surface area contributed by atoms with Crippen LogP contribution in [-0.4, -0.2) is 22.3 Å². The SMILES string of the molecule is C=CC(=O)N1CCC[C@@H]1c1nc(-c2ccccc2)c(C(C)C)o1. The van der Waals surface area contributed by atoms with Crippen molar-refractivity contribution in [1.82, 2.24) is 9.88 Å². The summed E-state index contributed by atoms with van der Waals surface area (Å²) < 4.78 is 6.10. The number of amides is 1. The maximum Gasteiger partial charge on any atom is 0.246 e. The zero-order chi connectivity index (χ0) is 16.4. The van der Waals surface area contributed by atoms with E-state index < -0.39 is 0 Å². The number of hydrogen-bond acceptors (Lipinski definition) is 3. The summed E-state index contributed by atoms with van der Waals surface area (Å²) >= 11 is 0. The molecule has 1 amide bonds. The van der Waals surface area contributed by atoms with Crippen molar-refractivity contribution in [2.45, 2.75) is 38.6 Å². The van der Waals surface area contributed by atoms with Gasteiger partial charge in [0.05, 0.1) is 0 Å². The monoisotopic (exact) mass is 310 g/mol. The molecule has 1 aromatic carbocycles. The van der Waals surface area contributed by atoms with E-state index in [2.05, 4.69) is 20.4 Å². The van der Waals surface area contributed by atoms with Gasteiger partial charge in [0.15, 0.2) is 0 Å². The summed E-state index contributed by atoms with van der Waals surface area (Å²) in [5.41, 5.74) is 1.93. The van der Waals surface area contributed by atoms with Gasteiger partial charge < -0.3 is 9.32 Å². The maximum absolute atomic E-state index is 12.0. The van der Waals surface area contributed by atoms with Crippen molar-refractivity contribution in [1.29, 1.82) is 0 Å². The number of hydrogen-bond donors (Lipinski definition) is 0. The summed E-state index contributed by atoms with van der Waals surface area (Å²) in [5, 5.41) is 0. The Morgan fingerprint density at radius 2 is 2.13 bits per heavy atom. The summed E-state index contributed by atoms with van der Waals surface area (Å²) in [6.07, 6.45) is 3.21. The lowest BCUT2D eigenvalue weighted by Crippen LogP contribution is -2.28. The highest BCUT2D eigenvalue weighted by Gasteiger charge is 2.33. The maximum atomic E-state index is 12.0. The van der Waals surface area contributed by atoms with Crippen molar-refractivity contribution in [3.63, 3.8) is 0 Å². The summed E-state index contributed by atoms with van der Waals surface area (Å²) in [4.78, 5) is 18.6. The highest BCUT2D eigenvalue weighted by molar-refractivity contribution is 5.87. The molecule has 2 aromatic rings. The molecule has 0 N–H and O–H groups in total. The Morgan fingerprint density at radius 1 is 1.39 bits per heavy atom. The van der Waals surface area contributed by atoms with Gasteiger partial charge in [-0.3, -0.25) is 4.79 Å². The van der Waals surface area contributed by atoms with Crippen molar-refractivity contribution < 1.29 is 9.21 Å². The molecule has 0 bridgehead atoms. The van der Waals surface area contributed by atoms with Crippen LogP contribution in [0.15, 0.2) is 47.4 Å². The first-order valence-corrected chi connectivity index (χ1v) is 8.11. The van der Waals surface area contributed by atoms with E-state index in [0.29, 0.717) is 5.89 Å². The fourth-order valence-corrected chi connectivity index (χ4v) is 3.09. The largest absolute Gasteiger partial charge is 0.442 e. The van der Waals surface area contributed by atoms with Crippen molar-refractivity contribution in [3.8, 4) is 11.3 Å². The van der Waals surface area contributed by atoms with Crippen LogP contribution in [-0.2, 0) is 4.79 Å². The Bertz CT molecular complexity index is 703. The summed E-state index contributed by atoms with van der Waals surface area (Å²) in [6, 6.07) is 9.97. The highest BCUT2D eigenvalue weighted by Crippen LogP contribution is 2.37. The smallest absolute Gasteiger partial charge is 0.246 e. The molecule has 0 radical (unpaired) electrons. The first kappa shape index (κ1) is 15.5. The third-order valence-electron chi connectivity index (χ3n) is 4.24. The zero-order valence-electron chi connectivity index (χ0n) is 13.7. The molecule has 1 aromatic heterocycles. The number of benzene rings is 1. The van der Waals surface area contributed by atoms with Crippen LogP contribution in [0.25, 0.3) is 11.3 Å². The van der Waals surface area contributed by atoms with Crippen LogP contribution in [0.2, 0.25) is 0 Å². The van der Waals surface area contributed by atoms with Crippen molar-refractivity contribution in [3.05, 3.63) is 54.6 Å². The predicted octanol–water partition coefficient (Wildman–Crippen LogP) is 4.31. The molecule has 120 valence electrons. The van der Waals surface area contributed by atoms with Gasteiger partial charge in [-0.1, -0.05) is 50.8 Å². The lowest BCUT2D eigenvalue weighted by atomic mass is 10.0. The zero-order valence-corrected chi connectivity index (χ0v) is 13.7. The summed E-state index contributed by atoms with van der Waals surface area (Å²) in [6.45, 7) is 8.51. The minimum absolute atomic E-state index is 0.0574. The van der Waals surface area contributed by atoms with Crippen LogP contribution in [0.5, 0.6) is 0 Å². The summed E-state index contributed by atoms with van der Waals surface area (Å²) in [5.74, 6) is 1.69. The number of likely N-dealkylation sites (tertiary alicyclic amines) is 1. The van der Waals surface area contributed by atoms with E-state index in [0.717, 1.165) is 36.4 Å². The van der Waals surface area contributed by atoms with Gasteiger partial charge in [0, 0.05) is 18.0 Å². The van der Waals surface area contributed by atoms with Gasteiger partial charge in [-0.15, -0.1) is 0 Å². The van der Waals surface area contributed by atoms with Crippen LogP contribution in [0, 0.1) is 0 Å². The molecule has 1 fully saturated rings. The van der Waals surface area contributed by atoms with Gasteiger partial charge in [-0.05, 0) is 18.9 Å². The second-order valence-corrected chi connectivity index (χ2v) is 6.18. The minimum atomic E-state index is -0.0875. The third kappa shape index (κ3) is 2.93. The average Bonchev–Trinajstić information content (AvgIpc) is 3.21. The van der Waals surface area contributed by atoms with Crippen LogP contribution >= 0.6 is 0 Å². The predicted molar refractivity (Wildman–Crippen MR) is 89.9 cm³/mol. The number of carbonyl (C=O) groups excluding carboxylic acids is 1. The Kier molecular flexibility index (Phi) is 4.33. The molecular formula is C19H22N2O2. The molecule has 1 aliphatic rings. The fourth-order valence-electron chi connectivity index (χ4n) is 3.09. The van der Waals surface area contributed by atoms with E-state index in [4.69, 9.17) is 9.40 Å². The normalized spacial score (nSPS) is 17.7. The molecule has 2 heterocycles. The summed E-state index contributed by atoms with van der Waals surface area (Å²) in [7, 11) is 0. The van der Waals surface area contributed by atoms with E-state index in [1.54, 1.807) is 4.90 Å². The molecule has 0 aliphatic carbocycles. The molecule has 3 rings (SSSR count). The van der Waals surface area contributed by atoms with Crippen molar-refractivity contribution in [2.24, 2.45) is 0 Å². The van der Waals surface area contributed by atoms with Gasteiger partial charge in [-0.25, -0.2) is 4.98 Å². The quantitative estimate of drug-likeness (QED) is 0.790. The first-order chi connectivity index (χ1) is 11.1. The Morgan fingerprint density at radius 3 is 2.78 bits per heavy atom. The number of rotatable bonds is 4. The molecule has 1 aliphatic heterocycles. The van der Waals surface area contributed by atoms with Crippen LogP contribution in [0.4, 0.5) is 0 Å². The standard InChI is InChI=1S/C19H22N2O2/c1-4-16(22)21-12-8-11-15(21)19-20-17(18(23-19)13(2)3)14-9-6-5-7-10-14/h4-7,9-10,13,15H,1,8,11-12H2,2-3H3/t15-/m1/s1. The highest BCUT2D eigenvalue weighted by atomic mass is 16.4. The molecule has 4 nitrogen and oxygen atoms in total. The second-order valence-electron chi connectivity index (χ2n) is 6.18. The molecule has 0 unspecified atom stereocenters. The Labute approximate surface area is 136 Å². The van der Waals surface area contributed by atoms with E-state index in [9.17, 15) is 4.79 Å². The molecule has 23 heavy (non-hydrogen) atoms. The van der Waals surface area contributed by atoms with E-state index in [1.165, 1.54) is 6.08 Å². The minimum Gasteiger partial charge on any atom is -0.442 e. The van der Waals surface area contributed by atoms with E-state index in [-0.39, 0.29) is 17.9 Å². The van der Waals surface area contributed by atoms with Crippen LogP contribution in [0.1, 0.15) is 50.3 Å². The molecule has 1 saturated heterocycles. The Balaban J connectivity index is 2.01. The lowest BCUT2D eigenvalue weighted by Gasteiger charge is -2.20. The third-order valence-corrected chi connectivity index (χ3v) is 4.24. The van der Waals surface area contributed by atoms with Crippen molar-refractivity contribution >= 4 is 5.91 Å². The van der Waals surface area contributed by atoms with Gasteiger partial charge in [-0.2, -0.15) is 0 Å². The van der Waals surface area contributed by atoms with E-state index >= 15 is 0 Å². The second kappa shape index (κ2) is 6.41.